The Hall–Kier alpha value is -4.88. The Morgan fingerprint density at radius 3 is 1.71 bits per heavy atom. The first kappa shape index (κ1) is 19.2. The predicted molar refractivity (Wildman–Crippen MR) is 178 cm³/mol. The first-order valence-electron chi connectivity index (χ1n) is 16.9. The first-order chi connectivity index (χ1) is 22.5. The fourth-order valence-corrected chi connectivity index (χ4v) is 5.77. The Labute approximate surface area is 250 Å². The third kappa shape index (κ3) is 4.64. The first-order valence-corrected chi connectivity index (χ1v) is 13.9. The van der Waals surface area contributed by atoms with Crippen molar-refractivity contribution in [2.24, 2.45) is 0 Å². The average Bonchev–Trinajstić information content (AvgIpc) is 3.08. The van der Waals surface area contributed by atoms with E-state index in [2.05, 4.69) is 108 Å². The molecule has 41 heavy (non-hydrogen) atoms. The van der Waals surface area contributed by atoms with E-state index in [-0.39, 0.29) is 5.56 Å². The number of rotatable bonds is 4. The minimum absolute atomic E-state index is 0.247. The van der Waals surface area contributed by atoms with Crippen LogP contribution in [-0.2, 0) is 5.41 Å². The second-order valence-corrected chi connectivity index (χ2v) is 10.8. The minimum atomic E-state index is -2.73. The molecule has 0 heterocycles. The Morgan fingerprint density at radius 1 is 0.463 bits per heavy atom. The van der Waals surface area contributed by atoms with Crippen molar-refractivity contribution in [3.05, 3.63) is 151 Å². The molecule has 0 radical (unpaired) electrons. The van der Waals surface area contributed by atoms with E-state index in [0.717, 1.165) is 44.3 Å². The van der Waals surface area contributed by atoms with Crippen LogP contribution < -0.4 is 4.90 Å². The summed E-state index contributed by atoms with van der Waals surface area (Å²) in [6.07, 6.45) is 0. The highest BCUT2D eigenvalue weighted by Crippen LogP contribution is 2.40. The maximum Gasteiger partial charge on any atom is 0.0468 e. The van der Waals surface area contributed by atoms with Gasteiger partial charge < -0.3 is 4.90 Å². The highest BCUT2D eigenvalue weighted by molar-refractivity contribution is 6.17. The lowest BCUT2D eigenvalue weighted by molar-refractivity contribution is 0.590. The number of hydrogen-bond acceptors (Lipinski definition) is 1. The number of fused-ring (bicyclic) bond motifs is 5. The van der Waals surface area contributed by atoms with Crippen molar-refractivity contribution >= 4 is 49.4 Å². The van der Waals surface area contributed by atoms with Crippen molar-refractivity contribution in [3.8, 4) is 11.1 Å². The topological polar surface area (TPSA) is 3.24 Å². The second-order valence-electron chi connectivity index (χ2n) is 10.8. The van der Waals surface area contributed by atoms with Gasteiger partial charge in [0.25, 0.3) is 0 Å². The van der Waals surface area contributed by atoms with Gasteiger partial charge in [-0.1, -0.05) is 130 Å². The van der Waals surface area contributed by atoms with E-state index < -0.39 is 19.1 Å². The lowest BCUT2D eigenvalue weighted by atomic mass is 9.87. The molecule has 0 bridgehead atoms. The van der Waals surface area contributed by atoms with Gasteiger partial charge in [0.05, 0.1) is 0 Å². The predicted octanol–water partition coefficient (Wildman–Crippen LogP) is 11.6. The highest BCUT2D eigenvalue weighted by atomic mass is 15.1. The molecular weight excluding hydrogens is 494 g/mol. The van der Waals surface area contributed by atoms with Gasteiger partial charge in [-0.25, -0.2) is 0 Å². The molecular formula is C40H33N. The summed E-state index contributed by atoms with van der Waals surface area (Å²) in [5.41, 5.74) is 3.05. The van der Waals surface area contributed by atoms with Crippen LogP contribution in [0.5, 0.6) is 0 Å². The third-order valence-electron chi connectivity index (χ3n) is 7.92. The summed E-state index contributed by atoms with van der Waals surface area (Å²) in [7, 11) is 0. The smallest absolute Gasteiger partial charge is 0.0468 e. The highest BCUT2D eigenvalue weighted by Gasteiger charge is 2.17. The Bertz CT molecular complexity index is 2200. The zero-order valence-corrected chi connectivity index (χ0v) is 22.8. The van der Waals surface area contributed by atoms with Crippen LogP contribution in [0.3, 0.4) is 0 Å². The van der Waals surface area contributed by atoms with Crippen LogP contribution >= 0.6 is 0 Å². The van der Waals surface area contributed by atoms with Crippen LogP contribution in [-0.4, -0.2) is 0 Å². The molecule has 0 saturated heterocycles. The molecule has 0 N–H and O–H groups in total. The Kier molecular flexibility index (Phi) is 4.67. The van der Waals surface area contributed by atoms with Crippen LogP contribution in [0.15, 0.2) is 146 Å². The molecule has 198 valence electrons. The summed E-state index contributed by atoms with van der Waals surface area (Å²) in [5, 5.41) is 6.97. The van der Waals surface area contributed by atoms with Gasteiger partial charge in [-0.05, 0) is 90.8 Å². The molecule has 0 aromatic heterocycles. The lowest BCUT2D eigenvalue weighted by Gasteiger charge is -2.27. The molecule has 0 aliphatic carbocycles. The van der Waals surface area contributed by atoms with Crippen LogP contribution in [0.1, 0.15) is 34.4 Å². The maximum atomic E-state index is 8.13. The molecule has 0 saturated carbocycles. The van der Waals surface area contributed by atoms with Crippen molar-refractivity contribution in [3.63, 3.8) is 0 Å². The SMILES string of the molecule is [2H]C([2H])([2H])C(C)(c1ccc(N(c2ccc(-c3ccccc3)cc2)c2ccc3ccc4c5ccccc5ccc4c3c2)cc1)C([2H])([2H])[2H]. The summed E-state index contributed by atoms with van der Waals surface area (Å²) in [6, 6.07) is 48.9. The fraction of sp³-hybridized carbons (Fsp3) is 0.100. The van der Waals surface area contributed by atoms with Gasteiger partial charge in [0.1, 0.15) is 0 Å². The standard InChI is InChI=1S/C40H33N/c1-40(2,3)32-18-23-34(24-19-32)41(33-20-13-29(14-21-33)28-9-5-4-6-10-28)35-22-15-31-17-25-37-36-12-8-7-11-30(36)16-26-38(37)39(31)27-35/h4-27H,1-3H3/i1D3,2D3. The summed E-state index contributed by atoms with van der Waals surface area (Å²) >= 11 is 0. The Balaban J connectivity index is 1.40. The normalized spacial score (nSPS) is 14.6. The van der Waals surface area contributed by atoms with E-state index in [1.165, 1.54) is 23.1 Å². The summed E-state index contributed by atoms with van der Waals surface area (Å²) in [5.74, 6) is 0. The fourth-order valence-electron chi connectivity index (χ4n) is 5.77. The van der Waals surface area contributed by atoms with Crippen LogP contribution in [0, 0.1) is 0 Å². The molecule has 7 aromatic rings. The van der Waals surface area contributed by atoms with E-state index in [9.17, 15) is 0 Å². The van der Waals surface area contributed by atoms with Gasteiger partial charge in [0.15, 0.2) is 0 Å². The van der Waals surface area contributed by atoms with Crippen molar-refractivity contribution in [2.75, 3.05) is 4.90 Å². The molecule has 0 aliphatic heterocycles. The quantitative estimate of drug-likeness (QED) is 0.203. The summed E-state index contributed by atoms with van der Waals surface area (Å²) in [6.45, 7) is -4.15. The van der Waals surface area contributed by atoms with Crippen LogP contribution in [0.2, 0.25) is 0 Å². The molecule has 7 rings (SSSR count). The van der Waals surface area contributed by atoms with E-state index in [1.54, 1.807) is 12.1 Å². The van der Waals surface area contributed by atoms with Crippen molar-refractivity contribution < 1.29 is 8.22 Å². The Morgan fingerprint density at radius 2 is 1.00 bits per heavy atom. The van der Waals surface area contributed by atoms with E-state index in [4.69, 9.17) is 8.22 Å². The second kappa shape index (κ2) is 9.94. The van der Waals surface area contributed by atoms with Gasteiger partial charge in [-0.3, -0.25) is 0 Å². The van der Waals surface area contributed by atoms with Gasteiger partial charge in [0, 0.05) is 25.3 Å². The van der Waals surface area contributed by atoms with Crippen LogP contribution in [0.4, 0.5) is 17.1 Å². The van der Waals surface area contributed by atoms with Gasteiger partial charge in [-0.2, -0.15) is 0 Å². The van der Waals surface area contributed by atoms with E-state index >= 15 is 0 Å². The maximum absolute atomic E-state index is 8.13. The summed E-state index contributed by atoms with van der Waals surface area (Å²) < 4.78 is 48.8. The zero-order valence-electron chi connectivity index (χ0n) is 28.8. The van der Waals surface area contributed by atoms with Gasteiger partial charge in [-0.15, -0.1) is 0 Å². The number of nitrogens with zero attached hydrogens (tertiary/aromatic N) is 1. The van der Waals surface area contributed by atoms with Crippen LogP contribution in [0.25, 0.3) is 43.4 Å². The van der Waals surface area contributed by atoms with Crippen molar-refractivity contribution in [2.45, 2.75) is 26.0 Å². The van der Waals surface area contributed by atoms with Crippen molar-refractivity contribution in [1.29, 1.82) is 0 Å². The van der Waals surface area contributed by atoms with Gasteiger partial charge >= 0.3 is 0 Å². The average molecular weight is 534 g/mol. The molecule has 1 nitrogen and oxygen atoms in total. The van der Waals surface area contributed by atoms with E-state index in [1.807, 2.05) is 30.3 Å². The molecule has 0 amide bonds. The third-order valence-corrected chi connectivity index (χ3v) is 7.92. The molecule has 0 unspecified atom stereocenters. The minimum Gasteiger partial charge on any atom is -0.310 e. The molecule has 7 aromatic carbocycles. The lowest BCUT2D eigenvalue weighted by Crippen LogP contribution is -2.13. The monoisotopic (exact) mass is 533 g/mol. The van der Waals surface area contributed by atoms with E-state index in [0.29, 0.717) is 0 Å². The van der Waals surface area contributed by atoms with Crippen molar-refractivity contribution in [1.82, 2.24) is 0 Å². The number of hydrogen-bond donors (Lipinski definition) is 0. The van der Waals surface area contributed by atoms with Gasteiger partial charge in [0.2, 0.25) is 0 Å². The zero-order chi connectivity index (χ0) is 33.0. The number of benzene rings is 7. The molecule has 0 aliphatic rings. The molecule has 0 fully saturated rings. The molecule has 0 spiro atoms. The molecule has 1 heteroatoms. The summed E-state index contributed by atoms with van der Waals surface area (Å²) in [4.78, 5) is 2.12. The largest absolute Gasteiger partial charge is 0.310 e. The molecule has 0 atom stereocenters. The number of anilines is 3.